The Morgan fingerprint density at radius 3 is 2.08 bits per heavy atom. The van der Waals surface area contributed by atoms with E-state index in [9.17, 15) is 9.59 Å². The number of nitrogens with one attached hydrogen (secondary N) is 2. The zero-order chi connectivity index (χ0) is 17.7. The van der Waals surface area contributed by atoms with Gasteiger partial charge in [-0.25, -0.2) is 0 Å². The lowest BCUT2D eigenvalue weighted by Crippen LogP contribution is -2.39. The number of amides is 1. The molecule has 0 heterocycles. The largest absolute Gasteiger partial charge is 0.325 e. The van der Waals surface area contributed by atoms with E-state index in [2.05, 4.69) is 10.6 Å². The first-order chi connectivity index (χ1) is 11.4. The summed E-state index contributed by atoms with van der Waals surface area (Å²) in [6, 6.07) is 14.0. The number of carbonyl (C=O) groups excluding carboxylic acids is 2. The van der Waals surface area contributed by atoms with Crippen LogP contribution in [0.4, 0.5) is 5.69 Å². The van der Waals surface area contributed by atoms with E-state index in [-0.39, 0.29) is 23.8 Å². The maximum Gasteiger partial charge on any atom is 0.241 e. The van der Waals surface area contributed by atoms with Crippen molar-refractivity contribution in [3.8, 4) is 0 Å². The minimum absolute atomic E-state index is 0.000277. The van der Waals surface area contributed by atoms with Gasteiger partial charge < -0.3 is 5.32 Å². The molecule has 1 amide bonds. The van der Waals surface area contributed by atoms with E-state index in [1.807, 2.05) is 38.1 Å². The van der Waals surface area contributed by atoms with Gasteiger partial charge in [-0.1, -0.05) is 23.7 Å². The Morgan fingerprint density at radius 2 is 1.54 bits per heavy atom. The molecule has 4 nitrogen and oxygen atoms in total. The molecule has 2 atom stereocenters. The van der Waals surface area contributed by atoms with Gasteiger partial charge in [0, 0.05) is 22.3 Å². The van der Waals surface area contributed by atoms with Gasteiger partial charge >= 0.3 is 0 Å². The van der Waals surface area contributed by atoms with Gasteiger partial charge in [-0.15, -0.1) is 0 Å². The fourth-order valence-electron chi connectivity index (χ4n) is 2.34. The Kier molecular flexibility index (Phi) is 6.12. The molecule has 0 radical (unpaired) electrons. The van der Waals surface area contributed by atoms with Crippen molar-refractivity contribution in [3.05, 3.63) is 64.7 Å². The highest BCUT2D eigenvalue weighted by atomic mass is 35.5. The molecule has 0 aliphatic heterocycles. The van der Waals surface area contributed by atoms with Gasteiger partial charge in [-0.2, -0.15) is 0 Å². The van der Waals surface area contributed by atoms with Crippen LogP contribution in [0.25, 0.3) is 0 Å². The predicted molar refractivity (Wildman–Crippen MR) is 97.5 cm³/mol. The molecule has 0 fully saturated rings. The van der Waals surface area contributed by atoms with Gasteiger partial charge in [0.2, 0.25) is 5.91 Å². The third-order valence-electron chi connectivity index (χ3n) is 3.82. The van der Waals surface area contributed by atoms with Crippen LogP contribution in [0.15, 0.2) is 48.5 Å². The maximum atomic E-state index is 12.3. The standard InChI is InChI=1S/C19H21ClN2O2/c1-12(15-4-8-17(20)9-5-15)21-13(2)19(24)22-18-10-6-16(7-11-18)14(3)23/h4-13,21H,1-3H3,(H,22,24)/t12-,13+/m0/s1. The summed E-state index contributed by atoms with van der Waals surface area (Å²) in [5.41, 5.74) is 2.35. The second-order valence-corrected chi connectivity index (χ2v) is 6.22. The summed E-state index contributed by atoms with van der Waals surface area (Å²) in [6.07, 6.45) is 0. The number of ketones is 1. The lowest BCUT2D eigenvalue weighted by Gasteiger charge is -2.20. The molecule has 2 aromatic rings. The summed E-state index contributed by atoms with van der Waals surface area (Å²) in [4.78, 5) is 23.5. The average molecular weight is 345 g/mol. The highest BCUT2D eigenvalue weighted by molar-refractivity contribution is 6.30. The lowest BCUT2D eigenvalue weighted by atomic mass is 10.1. The van der Waals surface area contributed by atoms with Gasteiger partial charge in [0.15, 0.2) is 5.78 Å². The first kappa shape index (κ1) is 18.2. The van der Waals surface area contributed by atoms with E-state index in [0.29, 0.717) is 16.3 Å². The third-order valence-corrected chi connectivity index (χ3v) is 4.07. The van der Waals surface area contributed by atoms with E-state index in [4.69, 9.17) is 11.6 Å². The van der Waals surface area contributed by atoms with Gasteiger partial charge in [0.1, 0.15) is 0 Å². The average Bonchev–Trinajstić information content (AvgIpc) is 2.55. The van der Waals surface area contributed by atoms with Crippen LogP contribution in [0.1, 0.15) is 42.7 Å². The number of benzene rings is 2. The van der Waals surface area contributed by atoms with Crippen molar-refractivity contribution in [1.82, 2.24) is 5.32 Å². The van der Waals surface area contributed by atoms with Crippen LogP contribution in [0, 0.1) is 0 Å². The number of Topliss-reactive ketones (excluding diaryl/α,β-unsaturated/α-hetero) is 1. The van der Waals surface area contributed by atoms with E-state index in [1.165, 1.54) is 6.92 Å². The first-order valence-electron chi connectivity index (χ1n) is 7.80. The van der Waals surface area contributed by atoms with E-state index < -0.39 is 0 Å². The minimum atomic E-state index is -0.372. The molecule has 5 heteroatoms. The molecule has 0 aliphatic carbocycles. The Hall–Kier alpha value is -2.17. The molecular weight excluding hydrogens is 324 g/mol. The molecule has 2 N–H and O–H groups in total. The molecular formula is C19H21ClN2O2. The molecule has 0 aliphatic rings. The molecule has 0 saturated heterocycles. The number of anilines is 1. The molecule has 24 heavy (non-hydrogen) atoms. The van der Waals surface area contributed by atoms with Gasteiger partial charge in [-0.05, 0) is 62.7 Å². The summed E-state index contributed by atoms with van der Waals surface area (Å²) in [7, 11) is 0. The number of rotatable bonds is 6. The summed E-state index contributed by atoms with van der Waals surface area (Å²) >= 11 is 5.89. The highest BCUT2D eigenvalue weighted by Gasteiger charge is 2.16. The van der Waals surface area contributed by atoms with Gasteiger partial charge in [0.05, 0.1) is 6.04 Å². The van der Waals surface area contributed by atoms with Crippen LogP contribution >= 0.6 is 11.6 Å². The van der Waals surface area contributed by atoms with Crippen molar-refractivity contribution in [1.29, 1.82) is 0 Å². The van der Waals surface area contributed by atoms with Gasteiger partial charge in [0.25, 0.3) is 0 Å². The van der Waals surface area contributed by atoms with Crippen LogP contribution < -0.4 is 10.6 Å². The summed E-state index contributed by atoms with van der Waals surface area (Å²) < 4.78 is 0. The zero-order valence-electron chi connectivity index (χ0n) is 14.0. The predicted octanol–water partition coefficient (Wildman–Crippen LogP) is 4.22. The Bertz CT molecular complexity index is 711. The topological polar surface area (TPSA) is 58.2 Å². The second kappa shape index (κ2) is 8.08. The number of hydrogen-bond donors (Lipinski definition) is 2. The smallest absolute Gasteiger partial charge is 0.241 e. The van der Waals surface area contributed by atoms with Crippen molar-refractivity contribution in [3.63, 3.8) is 0 Å². The third kappa shape index (κ3) is 4.91. The number of halogens is 1. The van der Waals surface area contributed by atoms with Crippen molar-refractivity contribution in [2.45, 2.75) is 32.9 Å². The fraction of sp³-hybridized carbons (Fsp3) is 0.263. The first-order valence-corrected chi connectivity index (χ1v) is 8.18. The number of carbonyl (C=O) groups is 2. The molecule has 2 rings (SSSR count). The van der Waals surface area contributed by atoms with Crippen LogP contribution in [0.2, 0.25) is 5.02 Å². The molecule has 0 bridgehead atoms. The van der Waals surface area contributed by atoms with E-state index >= 15 is 0 Å². The highest BCUT2D eigenvalue weighted by Crippen LogP contribution is 2.17. The van der Waals surface area contributed by atoms with Crippen molar-refractivity contribution >= 4 is 29.0 Å². The lowest BCUT2D eigenvalue weighted by molar-refractivity contribution is -0.117. The minimum Gasteiger partial charge on any atom is -0.325 e. The van der Waals surface area contributed by atoms with Crippen LogP contribution in [-0.4, -0.2) is 17.7 Å². The van der Waals surface area contributed by atoms with Crippen LogP contribution in [0.3, 0.4) is 0 Å². The number of hydrogen-bond acceptors (Lipinski definition) is 3. The summed E-state index contributed by atoms with van der Waals surface area (Å²) in [5, 5.41) is 6.78. The maximum absolute atomic E-state index is 12.3. The molecule has 0 saturated carbocycles. The molecule has 0 aromatic heterocycles. The monoisotopic (exact) mass is 344 g/mol. The van der Waals surface area contributed by atoms with E-state index in [0.717, 1.165) is 5.56 Å². The molecule has 126 valence electrons. The molecule has 2 aromatic carbocycles. The van der Waals surface area contributed by atoms with Crippen molar-refractivity contribution in [2.24, 2.45) is 0 Å². The van der Waals surface area contributed by atoms with Gasteiger partial charge in [-0.3, -0.25) is 14.9 Å². The second-order valence-electron chi connectivity index (χ2n) is 5.78. The zero-order valence-corrected chi connectivity index (χ0v) is 14.7. The summed E-state index contributed by atoms with van der Waals surface area (Å²) in [6.45, 7) is 5.32. The van der Waals surface area contributed by atoms with Crippen LogP contribution in [-0.2, 0) is 4.79 Å². The fourth-order valence-corrected chi connectivity index (χ4v) is 2.46. The Labute approximate surface area is 147 Å². The van der Waals surface area contributed by atoms with Crippen LogP contribution in [0.5, 0.6) is 0 Å². The summed E-state index contributed by atoms with van der Waals surface area (Å²) in [5.74, 6) is -0.133. The van der Waals surface area contributed by atoms with Crippen molar-refractivity contribution in [2.75, 3.05) is 5.32 Å². The molecule has 0 spiro atoms. The van der Waals surface area contributed by atoms with Crippen molar-refractivity contribution < 1.29 is 9.59 Å². The Morgan fingerprint density at radius 1 is 0.958 bits per heavy atom. The SMILES string of the molecule is CC(=O)c1ccc(NC(=O)[C@@H](C)N[C@@H](C)c2ccc(Cl)cc2)cc1. The molecule has 0 unspecified atom stereocenters. The van der Waals surface area contributed by atoms with E-state index in [1.54, 1.807) is 24.3 Å². The Balaban J connectivity index is 1.93. The normalized spacial score (nSPS) is 13.2. The quantitative estimate of drug-likeness (QED) is 0.771.